The molecular weight excluding hydrogens is 210 g/mol. The van der Waals surface area contributed by atoms with E-state index in [0.29, 0.717) is 6.04 Å². The lowest BCUT2D eigenvalue weighted by molar-refractivity contribution is 0.00295. The van der Waals surface area contributed by atoms with E-state index < -0.39 is 0 Å². The number of hydrogen-bond donors (Lipinski definition) is 1. The topological polar surface area (TPSA) is 32.5 Å². The van der Waals surface area contributed by atoms with Crippen LogP contribution in [0.5, 0.6) is 0 Å². The van der Waals surface area contributed by atoms with Crippen LogP contribution in [-0.4, -0.2) is 54.1 Å². The number of likely N-dealkylation sites (N-methyl/N-ethyl adjacent to an activating group) is 1. The molecule has 0 saturated carbocycles. The highest BCUT2D eigenvalue weighted by atomic mass is 15.3. The zero-order chi connectivity index (χ0) is 12.9. The molecule has 0 aromatic carbocycles. The van der Waals surface area contributed by atoms with Gasteiger partial charge in [-0.15, -0.1) is 0 Å². The summed E-state index contributed by atoms with van der Waals surface area (Å²) in [5.74, 6) is 0. The molecule has 3 heteroatoms. The van der Waals surface area contributed by atoms with Crippen LogP contribution in [0.15, 0.2) is 0 Å². The Labute approximate surface area is 107 Å². The van der Waals surface area contributed by atoms with E-state index in [9.17, 15) is 0 Å². The number of nitrogens with two attached hydrogens (primary N) is 1. The Kier molecular flexibility index (Phi) is 5.90. The minimum absolute atomic E-state index is 0.253. The maximum atomic E-state index is 6.09. The highest BCUT2D eigenvalue weighted by molar-refractivity contribution is 4.94. The van der Waals surface area contributed by atoms with Crippen molar-refractivity contribution in [3.05, 3.63) is 0 Å². The van der Waals surface area contributed by atoms with Crippen LogP contribution in [0, 0.1) is 0 Å². The Morgan fingerprint density at radius 2 is 1.94 bits per heavy atom. The Hall–Kier alpha value is -0.120. The van der Waals surface area contributed by atoms with E-state index >= 15 is 0 Å². The Morgan fingerprint density at radius 3 is 2.35 bits per heavy atom. The molecule has 2 unspecified atom stereocenters. The molecule has 1 heterocycles. The first kappa shape index (κ1) is 14.9. The molecule has 2 atom stereocenters. The van der Waals surface area contributed by atoms with Crippen molar-refractivity contribution in [2.75, 3.05) is 32.7 Å². The minimum Gasteiger partial charge on any atom is -0.329 e. The van der Waals surface area contributed by atoms with E-state index in [1.165, 1.54) is 45.4 Å². The van der Waals surface area contributed by atoms with E-state index in [-0.39, 0.29) is 5.54 Å². The zero-order valence-electron chi connectivity index (χ0n) is 12.2. The van der Waals surface area contributed by atoms with Gasteiger partial charge in [0.2, 0.25) is 0 Å². The van der Waals surface area contributed by atoms with Gasteiger partial charge in [0.05, 0.1) is 0 Å². The molecule has 0 aromatic rings. The van der Waals surface area contributed by atoms with Crippen molar-refractivity contribution in [1.82, 2.24) is 9.80 Å². The van der Waals surface area contributed by atoms with Crippen molar-refractivity contribution in [3.63, 3.8) is 0 Å². The monoisotopic (exact) mass is 241 g/mol. The first-order valence-corrected chi connectivity index (χ1v) is 7.32. The molecule has 0 aromatic heterocycles. The largest absolute Gasteiger partial charge is 0.329 e. The zero-order valence-corrected chi connectivity index (χ0v) is 12.2. The lowest BCUT2D eigenvalue weighted by Crippen LogP contribution is -2.62. The van der Waals surface area contributed by atoms with Gasteiger partial charge in [-0.25, -0.2) is 0 Å². The van der Waals surface area contributed by atoms with Gasteiger partial charge >= 0.3 is 0 Å². The third-order valence-corrected chi connectivity index (χ3v) is 4.60. The standard InChI is InChI=1S/C14H31N3/c1-5-8-14(6-2,12-15)17-10-9-16(7-3)13(4)11-17/h13H,5-12,15H2,1-4H3. The van der Waals surface area contributed by atoms with Crippen molar-refractivity contribution in [3.8, 4) is 0 Å². The lowest BCUT2D eigenvalue weighted by Gasteiger charge is -2.49. The van der Waals surface area contributed by atoms with Crippen LogP contribution in [0.4, 0.5) is 0 Å². The molecule has 3 nitrogen and oxygen atoms in total. The summed E-state index contributed by atoms with van der Waals surface area (Å²) in [4.78, 5) is 5.23. The molecule has 0 bridgehead atoms. The van der Waals surface area contributed by atoms with Gasteiger partial charge in [0.25, 0.3) is 0 Å². The number of nitrogens with zero attached hydrogens (tertiary/aromatic N) is 2. The summed E-state index contributed by atoms with van der Waals surface area (Å²) >= 11 is 0. The van der Waals surface area contributed by atoms with Crippen LogP contribution in [-0.2, 0) is 0 Å². The predicted molar refractivity (Wildman–Crippen MR) is 75.3 cm³/mol. The third-order valence-electron chi connectivity index (χ3n) is 4.60. The van der Waals surface area contributed by atoms with E-state index in [2.05, 4.69) is 37.5 Å². The fourth-order valence-electron chi connectivity index (χ4n) is 3.30. The van der Waals surface area contributed by atoms with Crippen LogP contribution in [0.2, 0.25) is 0 Å². The first-order valence-electron chi connectivity index (χ1n) is 7.32. The molecule has 0 aliphatic carbocycles. The normalized spacial score (nSPS) is 27.0. The van der Waals surface area contributed by atoms with Crippen LogP contribution in [0.25, 0.3) is 0 Å². The maximum Gasteiger partial charge on any atom is 0.0330 e. The van der Waals surface area contributed by atoms with Gasteiger partial charge in [0.15, 0.2) is 0 Å². The van der Waals surface area contributed by atoms with Crippen molar-refractivity contribution in [1.29, 1.82) is 0 Å². The van der Waals surface area contributed by atoms with Crippen LogP contribution in [0.1, 0.15) is 47.0 Å². The molecule has 1 saturated heterocycles. The smallest absolute Gasteiger partial charge is 0.0330 e. The number of hydrogen-bond acceptors (Lipinski definition) is 3. The van der Waals surface area contributed by atoms with Crippen molar-refractivity contribution >= 4 is 0 Å². The molecule has 17 heavy (non-hydrogen) atoms. The summed E-state index contributed by atoms with van der Waals surface area (Å²) in [6.07, 6.45) is 3.64. The average Bonchev–Trinajstić information content (AvgIpc) is 2.36. The van der Waals surface area contributed by atoms with E-state index in [1.54, 1.807) is 0 Å². The molecule has 0 amide bonds. The van der Waals surface area contributed by atoms with Gasteiger partial charge in [-0.3, -0.25) is 9.80 Å². The molecule has 0 spiro atoms. The molecule has 1 fully saturated rings. The highest BCUT2D eigenvalue weighted by Crippen LogP contribution is 2.27. The summed E-state index contributed by atoms with van der Waals surface area (Å²) < 4.78 is 0. The fourth-order valence-corrected chi connectivity index (χ4v) is 3.30. The SMILES string of the molecule is CCCC(CC)(CN)N1CCN(CC)C(C)C1. The molecule has 2 N–H and O–H groups in total. The van der Waals surface area contributed by atoms with Gasteiger partial charge < -0.3 is 5.73 Å². The van der Waals surface area contributed by atoms with Crippen LogP contribution in [0.3, 0.4) is 0 Å². The molecule has 0 radical (unpaired) electrons. The highest BCUT2D eigenvalue weighted by Gasteiger charge is 2.36. The quantitative estimate of drug-likeness (QED) is 0.771. The van der Waals surface area contributed by atoms with Gasteiger partial charge in [0, 0.05) is 37.8 Å². The first-order chi connectivity index (χ1) is 8.13. The van der Waals surface area contributed by atoms with Gasteiger partial charge in [-0.2, -0.15) is 0 Å². The Bertz CT molecular complexity index is 214. The van der Waals surface area contributed by atoms with Gasteiger partial charge in [-0.05, 0) is 26.3 Å². The molecule has 1 aliphatic heterocycles. The summed E-state index contributed by atoms with van der Waals surface area (Å²) in [5.41, 5.74) is 6.35. The van der Waals surface area contributed by atoms with Gasteiger partial charge in [0.1, 0.15) is 0 Å². The van der Waals surface area contributed by atoms with Crippen molar-refractivity contribution < 1.29 is 0 Å². The van der Waals surface area contributed by atoms with Crippen molar-refractivity contribution in [2.24, 2.45) is 5.73 Å². The second kappa shape index (κ2) is 6.72. The Morgan fingerprint density at radius 1 is 1.24 bits per heavy atom. The van der Waals surface area contributed by atoms with Crippen LogP contribution >= 0.6 is 0 Å². The fraction of sp³-hybridized carbons (Fsp3) is 1.00. The maximum absolute atomic E-state index is 6.09. The molecule has 1 aliphatic rings. The summed E-state index contributed by atoms with van der Waals surface area (Å²) in [6.45, 7) is 14.7. The second-order valence-electron chi connectivity index (χ2n) is 5.46. The van der Waals surface area contributed by atoms with Crippen LogP contribution < -0.4 is 5.73 Å². The summed E-state index contributed by atoms with van der Waals surface area (Å²) in [6, 6.07) is 0.670. The molecule has 102 valence electrons. The molecular formula is C14H31N3. The average molecular weight is 241 g/mol. The van der Waals surface area contributed by atoms with E-state index in [1.807, 2.05) is 0 Å². The van der Waals surface area contributed by atoms with Crippen molar-refractivity contribution in [2.45, 2.75) is 58.5 Å². The van der Waals surface area contributed by atoms with Gasteiger partial charge in [-0.1, -0.05) is 27.2 Å². The number of rotatable bonds is 6. The molecule has 1 rings (SSSR count). The van der Waals surface area contributed by atoms with E-state index in [0.717, 1.165) is 6.54 Å². The second-order valence-corrected chi connectivity index (χ2v) is 5.46. The number of piperazine rings is 1. The minimum atomic E-state index is 0.253. The predicted octanol–water partition coefficient (Wildman–Crippen LogP) is 1.92. The summed E-state index contributed by atoms with van der Waals surface area (Å²) in [5, 5.41) is 0. The lowest BCUT2D eigenvalue weighted by atomic mass is 9.87. The van der Waals surface area contributed by atoms with E-state index in [4.69, 9.17) is 5.73 Å². The third kappa shape index (κ3) is 3.21. The Balaban J connectivity index is 2.70. The summed E-state index contributed by atoms with van der Waals surface area (Å²) in [7, 11) is 0.